The minimum atomic E-state index is -0.252. The van der Waals surface area contributed by atoms with Gasteiger partial charge in [0.15, 0.2) is 5.82 Å². The van der Waals surface area contributed by atoms with Crippen molar-refractivity contribution in [3.8, 4) is 11.4 Å². The second-order valence-corrected chi connectivity index (χ2v) is 6.31. The highest BCUT2D eigenvalue weighted by Crippen LogP contribution is 2.19. The second kappa shape index (κ2) is 5.90. The second-order valence-electron chi connectivity index (χ2n) is 6.31. The first-order valence-electron chi connectivity index (χ1n) is 7.11. The zero-order chi connectivity index (χ0) is 15.6. The molecule has 1 aromatic heterocycles. The minimum absolute atomic E-state index is 0.0501. The lowest BCUT2D eigenvalue weighted by molar-refractivity contribution is 0.422. The highest BCUT2D eigenvalue weighted by Gasteiger charge is 2.14. The van der Waals surface area contributed by atoms with E-state index >= 15 is 0 Å². The third-order valence-corrected chi connectivity index (χ3v) is 3.32. The maximum absolute atomic E-state index is 13.0. The number of halogens is 1. The van der Waals surface area contributed by atoms with Gasteiger partial charge in [-0.3, -0.25) is 0 Å². The first-order valence-corrected chi connectivity index (χ1v) is 7.11. The zero-order valence-corrected chi connectivity index (χ0v) is 13.3. The van der Waals surface area contributed by atoms with E-state index in [0.717, 1.165) is 29.1 Å². The average Bonchev–Trinajstić information content (AvgIpc) is 2.37. The summed E-state index contributed by atoms with van der Waals surface area (Å²) in [7, 11) is 0. The molecule has 0 atom stereocenters. The third kappa shape index (κ3) is 4.08. The Morgan fingerprint density at radius 3 is 2.00 bits per heavy atom. The van der Waals surface area contributed by atoms with Gasteiger partial charge in [0.05, 0.1) is 0 Å². The number of nitrogens with one attached hydrogen (secondary N) is 1. The van der Waals surface area contributed by atoms with Crippen LogP contribution in [0.15, 0.2) is 24.3 Å². The molecule has 0 fully saturated rings. The predicted molar refractivity (Wildman–Crippen MR) is 83.5 cm³/mol. The van der Waals surface area contributed by atoms with Crippen molar-refractivity contribution in [1.82, 2.24) is 15.3 Å². The summed E-state index contributed by atoms with van der Waals surface area (Å²) >= 11 is 0. The summed E-state index contributed by atoms with van der Waals surface area (Å²) in [5.74, 6) is 0.391. The molecule has 0 aliphatic rings. The van der Waals surface area contributed by atoms with Gasteiger partial charge in [-0.25, -0.2) is 14.4 Å². The van der Waals surface area contributed by atoms with Crippen molar-refractivity contribution in [2.75, 3.05) is 0 Å². The molecular weight excluding hydrogens is 265 g/mol. The van der Waals surface area contributed by atoms with Gasteiger partial charge < -0.3 is 5.32 Å². The lowest BCUT2D eigenvalue weighted by Crippen LogP contribution is -2.35. The number of hydrogen-bond donors (Lipinski definition) is 1. The molecule has 112 valence electrons. The number of aromatic nitrogens is 2. The summed E-state index contributed by atoms with van der Waals surface area (Å²) < 4.78 is 13.0. The van der Waals surface area contributed by atoms with Crippen LogP contribution in [-0.4, -0.2) is 15.5 Å². The van der Waals surface area contributed by atoms with Crippen molar-refractivity contribution < 1.29 is 4.39 Å². The molecule has 1 N–H and O–H groups in total. The van der Waals surface area contributed by atoms with E-state index in [0.29, 0.717) is 5.82 Å². The molecular formula is C17H22FN3. The molecule has 0 unspecified atom stereocenters. The Labute approximate surface area is 125 Å². The minimum Gasteiger partial charge on any atom is -0.308 e. The van der Waals surface area contributed by atoms with E-state index in [1.807, 2.05) is 13.8 Å². The van der Waals surface area contributed by atoms with Gasteiger partial charge in [-0.15, -0.1) is 0 Å². The lowest BCUT2D eigenvalue weighted by atomic mass is 10.1. The third-order valence-electron chi connectivity index (χ3n) is 3.32. The van der Waals surface area contributed by atoms with Crippen LogP contribution < -0.4 is 5.32 Å². The van der Waals surface area contributed by atoms with Gasteiger partial charge in [-0.1, -0.05) is 0 Å². The van der Waals surface area contributed by atoms with Gasteiger partial charge >= 0.3 is 0 Å². The van der Waals surface area contributed by atoms with E-state index in [-0.39, 0.29) is 11.4 Å². The Balaban J connectivity index is 2.30. The van der Waals surface area contributed by atoms with E-state index in [4.69, 9.17) is 0 Å². The molecule has 1 aromatic carbocycles. The van der Waals surface area contributed by atoms with Gasteiger partial charge in [-0.2, -0.15) is 0 Å². The maximum atomic E-state index is 13.0. The molecule has 0 radical (unpaired) electrons. The quantitative estimate of drug-likeness (QED) is 0.933. The van der Waals surface area contributed by atoms with Crippen LogP contribution in [0.5, 0.6) is 0 Å². The summed E-state index contributed by atoms with van der Waals surface area (Å²) in [5.41, 5.74) is 3.92. The fourth-order valence-electron chi connectivity index (χ4n) is 2.08. The average molecular weight is 287 g/mol. The van der Waals surface area contributed by atoms with Crippen molar-refractivity contribution in [2.45, 2.75) is 46.7 Å². The SMILES string of the molecule is Cc1nc(-c2ccc(F)cc2)nc(C)c1CNC(C)(C)C. The van der Waals surface area contributed by atoms with Crippen LogP contribution in [0, 0.1) is 19.7 Å². The monoisotopic (exact) mass is 287 g/mol. The Kier molecular flexibility index (Phi) is 4.37. The highest BCUT2D eigenvalue weighted by molar-refractivity contribution is 5.55. The van der Waals surface area contributed by atoms with Crippen molar-refractivity contribution in [3.05, 3.63) is 47.0 Å². The predicted octanol–water partition coefficient (Wildman–Crippen LogP) is 3.79. The van der Waals surface area contributed by atoms with Crippen LogP contribution in [-0.2, 0) is 6.54 Å². The number of benzene rings is 1. The summed E-state index contributed by atoms with van der Waals surface area (Å²) in [6.45, 7) is 11.1. The summed E-state index contributed by atoms with van der Waals surface area (Å²) in [4.78, 5) is 9.12. The Morgan fingerprint density at radius 2 is 1.52 bits per heavy atom. The van der Waals surface area contributed by atoms with Gasteiger partial charge in [0.2, 0.25) is 0 Å². The summed E-state index contributed by atoms with van der Waals surface area (Å²) in [6, 6.07) is 6.27. The first kappa shape index (κ1) is 15.6. The van der Waals surface area contributed by atoms with E-state index in [9.17, 15) is 4.39 Å². The van der Waals surface area contributed by atoms with Gasteiger partial charge in [-0.05, 0) is 58.9 Å². The first-order chi connectivity index (χ1) is 9.76. The Bertz CT molecular complexity index is 604. The molecule has 0 aliphatic carbocycles. The van der Waals surface area contributed by atoms with Gasteiger partial charge in [0.25, 0.3) is 0 Å². The molecule has 3 nitrogen and oxygen atoms in total. The van der Waals surface area contributed by atoms with E-state index in [1.54, 1.807) is 12.1 Å². The van der Waals surface area contributed by atoms with Crippen molar-refractivity contribution in [1.29, 1.82) is 0 Å². The van der Waals surface area contributed by atoms with Crippen LogP contribution in [0.1, 0.15) is 37.7 Å². The molecule has 0 aliphatic heterocycles. The molecule has 21 heavy (non-hydrogen) atoms. The Morgan fingerprint density at radius 1 is 1.00 bits per heavy atom. The molecule has 0 saturated carbocycles. The Hall–Kier alpha value is -1.81. The highest BCUT2D eigenvalue weighted by atomic mass is 19.1. The number of nitrogens with zero attached hydrogens (tertiary/aromatic N) is 2. The molecule has 1 heterocycles. The topological polar surface area (TPSA) is 37.8 Å². The number of hydrogen-bond acceptors (Lipinski definition) is 3. The van der Waals surface area contributed by atoms with E-state index in [2.05, 4.69) is 36.1 Å². The fraction of sp³-hybridized carbons (Fsp3) is 0.412. The number of aryl methyl sites for hydroxylation is 2. The lowest BCUT2D eigenvalue weighted by Gasteiger charge is -2.22. The molecule has 0 saturated heterocycles. The van der Waals surface area contributed by atoms with Crippen molar-refractivity contribution >= 4 is 0 Å². The molecule has 2 rings (SSSR count). The van der Waals surface area contributed by atoms with Crippen LogP contribution in [0.4, 0.5) is 4.39 Å². The largest absolute Gasteiger partial charge is 0.308 e. The normalized spacial score (nSPS) is 11.7. The van der Waals surface area contributed by atoms with Crippen LogP contribution >= 0.6 is 0 Å². The van der Waals surface area contributed by atoms with Crippen LogP contribution in [0.2, 0.25) is 0 Å². The molecule has 0 amide bonds. The molecule has 0 bridgehead atoms. The van der Waals surface area contributed by atoms with Crippen LogP contribution in [0.25, 0.3) is 11.4 Å². The van der Waals surface area contributed by atoms with Crippen molar-refractivity contribution in [2.24, 2.45) is 0 Å². The van der Waals surface area contributed by atoms with Gasteiger partial charge in [0.1, 0.15) is 5.82 Å². The molecule has 4 heteroatoms. The van der Waals surface area contributed by atoms with Crippen LogP contribution in [0.3, 0.4) is 0 Å². The standard InChI is InChI=1S/C17H22FN3/c1-11-15(10-19-17(3,4)5)12(2)21-16(20-11)13-6-8-14(18)9-7-13/h6-9,19H,10H2,1-5H3. The fourth-order valence-corrected chi connectivity index (χ4v) is 2.08. The smallest absolute Gasteiger partial charge is 0.159 e. The maximum Gasteiger partial charge on any atom is 0.159 e. The van der Waals surface area contributed by atoms with Gasteiger partial charge in [0, 0.05) is 34.6 Å². The van der Waals surface area contributed by atoms with E-state index < -0.39 is 0 Å². The molecule has 2 aromatic rings. The summed E-state index contributed by atoms with van der Waals surface area (Å²) in [5, 5.41) is 3.46. The number of rotatable bonds is 3. The summed E-state index contributed by atoms with van der Waals surface area (Å²) in [6.07, 6.45) is 0. The van der Waals surface area contributed by atoms with Crippen molar-refractivity contribution in [3.63, 3.8) is 0 Å². The zero-order valence-electron chi connectivity index (χ0n) is 13.3. The molecule has 0 spiro atoms. The van der Waals surface area contributed by atoms with E-state index in [1.165, 1.54) is 12.1 Å².